The van der Waals surface area contributed by atoms with Crippen LogP contribution < -0.4 is 10.2 Å². The van der Waals surface area contributed by atoms with Gasteiger partial charge in [0.15, 0.2) is 11.5 Å². The molecule has 0 spiro atoms. The molecule has 1 amide bonds. The summed E-state index contributed by atoms with van der Waals surface area (Å²) in [6.07, 6.45) is 7.05. The third-order valence-electron chi connectivity index (χ3n) is 4.71. The number of nitrogens with one attached hydrogen (secondary N) is 1. The van der Waals surface area contributed by atoms with Crippen LogP contribution in [0, 0.1) is 0 Å². The van der Waals surface area contributed by atoms with Crippen LogP contribution in [-0.2, 0) is 6.54 Å². The van der Waals surface area contributed by atoms with Crippen molar-refractivity contribution >= 4 is 22.5 Å². The van der Waals surface area contributed by atoms with E-state index in [-0.39, 0.29) is 5.91 Å². The van der Waals surface area contributed by atoms with Crippen molar-refractivity contribution in [2.75, 3.05) is 18.0 Å². The van der Waals surface area contributed by atoms with Crippen LogP contribution >= 0.6 is 0 Å². The summed E-state index contributed by atoms with van der Waals surface area (Å²) < 4.78 is 0. The maximum Gasteiger partial charge on any atom is 0.272 e. The molecule has 2 aromatic heterocycles. The summed E-state index contributed by atoms with van der Waals surface area (Å²) in [4.78, 5) is 19.0. The first-order valence-electron chi connectivity index (χ1n) is 9.00. The zero-order chi connectivity index (χ0) is 17.8. The van der Waals surface area contributed by atoms with E-state index in [1.807, 2.05) is 36.4 Å². The molecule has 1 aliphatic heterocycles. The smallest absolute Gasteiger partial charge is 0.272 e. The van der Waals surface area contributed by atoms with Gasteiger partial charge in [0.25, 0.3) is 5.91 Å². The number of aromatic nitrogens is 3. The third kappa shape index (κ3) is 3.35. The molecule has 0 atom stereocenters. The van der Waals surface area contributed by atoms with E-state index in [0.717, 1.165) is 35.2 Å². The highest BCUT2D eigenvalue weighted by molar-refractivity contribution is 6.07. The maximum atomic E-state index is 12.7. The number of hydrogen-bond acceptors (Lipinski definition) is 5. The van der Waals surface area contributed by atoms with Crippen LogP contribution in [0.3, 0.4) is 0 Å². The van der Waals surface area contributed by atoms with Crippen molar-refractivity contribution in [3.8, 4) is 0 Å². The Balaban J connectivity index is 1.62. The van der Waals surface area contributed by atoms with Gasteiger partial charge in [0, 0.05) is 42.8 Å². The minimum Gasteiger partial charge on any atom is -0.355 e. The van der Waals surface area contributed by atoms with Crippen molar-refractivity contribution in [2.45, 2.75) is 25.8 Å². The SMILES string of the molecule is O=C(NCc1cccnc1)c1nnc(N2CCCCC2)c2ccccc12. The summed E-state index contributed by atoms with van der Waals surface area (Å²) in [6, 6.07) is 11.7. The summed E-state index contributed by atoms with van der Waals surface area (Å²) in [5.41, 5.74) is 1.31. The highest BCUT2D eigenvalue weighted by atomic mass is 16.1. The van der Waals surface area contributed by atoms with Crippen molar-refractivity contribution in [1.82, 2.24) is 20.5 Å². The van der Waals surface area contributed by atoms with Crippen molar-refractivity contribution in [2.24, 2.45) is 0 Å². The van der Waals surface area contributed by atoms with Gasteiger partial charge < -0.3 is 10.2 Å². The van der Waals surface area contributed by atoms with Crippen LogP contribution in [0.2, 0.25) is 0 Å². The standard InChI is InChI=1S/C20H21N5O/c26-20(22-14-15-7-6-10-21-13-15)18-16-8-2-3-9-17(16)19(24-23-18)25-11-4-1-5-12-25/h2-3,6-10,13H,1,4-5,11-12,14H2,(H,22,26). The lowest BCUT2D eigenvalue weighted by atomic mass is 10.1. The first kappa shape index (κ1) is 16.4. The molecule has 1 aromatic carbocycles. The zero-order valence-corrected chi connectivity index (χ0v) is 14.6. The topological polar surface area (TPSA) is 71.0 Å². The minimum atomic E-state index is -0.220. The van der Waals surface area contributed by atoms with Crippen LogP contribution in [0.1, 0.15) is 35.3 Å². The molecule has 1 aliphatic rings. The molecule has 132 valence electrons. The molecule has 3 heterocycles. The zero-order valence-electron chi connectivity index (χ0n) is 14.6. The van der Waals surface area contributed by atoms with Gasteiger partial charge in [-0.1, -0.05) is 30.3 Å². The Labute approximate surface area is 152 Å². The van der Waals surface area contributed by atoms with Gasteiger partial charge in [0.2, 0.25) is 0 Å². The van der Waals surface area contributed by atoms with Gasteiger partial charge in [0.05, 0.1) is 0 Å². The van der Waals surface area contributed by atoms with Crippen molar-refractivity contribution < 1.29 is 4.79 Å². The Morgan fingerprint density at radius 1 is 1.00 bits per heavy atom. The van der Waals surface area contributed by atoms with E-state index < -0.39 is 0 Å². The number of pyridine rings is 1. The molecule has 6 heteroatoms. The average molecular weight is 347 g/mol. The number of rotatable bonds is 4. The van der Waals surface area contributed by atoms with E-state index >= 15 is 0 Å². The molecule has 0 aliphatic carbocycles. The first-order chi connectivity index (χ1) is 12.8. The summed E-state index contributed by atoms with van der Waals surface area (Å²) in [6.45, 7) is 2.40. The molecule has 0 unspecified atom stereocenters. The molecule has 4 rings (SSSR count). The van der Waals surface area contributed by atoms with Gasteiger partial charge in [-0.05, 0) is 30.9 Å². The monoisotopic (exact) mass is 347 g/mol. The molecular formula is C20H21N5O. The average Bonchev–Trinajstić information content (AvgIpc) is 2.72. The Morgan fingerprint density at radius 2 is 1.81 bits per heavy atom. The van der Waals surface area contributed by atoms with Gasteiger partial charge in [0.1, 0.15) is 0 Å². The highest BCUT2D eigenvalue weighted by Gasteiger charge is 2.20. The maximum absolute atomic E-state index is 12.7. The molecule has 3 aromatic rings. The number of amides is 1. The number of carbonyl (C=O) groups excluding carboxylic acids is 1. The molecule has 1 N–H and O–H groups in total. The molecule has 0 saturated carbocycles. The predicted octanol–water partition coefficient (Wildman–Crippen LogP) is 2.95. The van der Waals surface area contributed by atoms with Crippen molar-refractivity contribution in [1.29, 1.82) is 0 Å². The molecular weight excluding hydrogens is 326 g/mol. The fourth-order valence-corrected chi connectivity index (χ4v) is 3.37. The number of carbonyl (C=O) groups is 1. The number of fused-ring (bicyclic) bond motifs is 1. The van der Waals surface area contributed by atoms with Crippen LogP contribution in [-0.4, -0.2) is 34.2 Å². The fourth-order valence-electron chi connectivity index (χ4n) is 3.37. The Hall–Kier alpha value is -3.02. The molecule has 1 fully saturated rings. The summed E-state index contributed by atoms with van der Waals surface area (Å²) in [7, 11) is 0. The Morgan fingerprint density at radius 3 is 2.58 bits per heavy atom. The second-order valence-electron chi connectivity index (χ2n) is 6.51. The van der Waals surface area contributed by atoms with E-state index in [0.29, 0.717) is 12.2 Å². The lowest BCUT2D eigenvalue weighted by Gasteiger charge is -2.28. The van der Waals surface area contributed by atoms with E-state index in [9.17, 15) is 4.79 Å². The van der Waals surface area contributed by atoms with E-state index in [4.69, 9.17) is 0 Å². The third-order valence-corrected chi connectivity index (χ3v) is 4.71. The lowest BCUT2D eigenvalue weighted by Crippen LogP contribution is -2.31. The van der Waals surface area contributed by atoms with Gasteiger partial charge in [-0.15, -0.1) is 10.2 Å². The summed E-state index contributed by atoms with van der Waals surface area (Å²) >= 11 is 0. The van der Waals surface area contributed by atoms with Crippen LogP contribution in [0.25, 0.3) is 10.8 Å². The summed E-state index contributed by atoms with van der Waals surface area (Å²) in [5.74, 6) is 0.659. The Kier molecular flexibility index (Phi) is 4.73. The minimum absolute atomic E-state index is 0.220. The summed E-state index contributed by atoms with van der Waals surface area (Å²) in [5, 5.41) is 13.4. The molecule has 26 heavy (non-hydrogen) atoms. The first-order valence-corrected chi connectivity index (χ1v) is 9.00. The quantitative estimate of drug-likeness (QED) is 0.786. The number of benzene rings is 1. The largest absolute Gasteiger partial charge is 0.355 e. The number of anilines is 1. The second-order valence-corrected chi connectivity index (χ2v) is 6.51. The van der Waals surface area contributed by atoms with Gasteiger partial charge in [-0.25, -0.2) is 0 Å². The normalized spacial score (nSPS) is 14.4. The van der Waals surface area contributed by atoms with Crippen LogP contribution in [0.5, 0.6) is 0 Å². The predicted molar refractivity (Wildman–Crippen MR) is 101 cm³/mol. The van der Waals surface area contributed by atoms with Gasteiger partial charge in [-0.3, -0.25) is 9.78 Å². The van der Waals surface area contributed by atoms with Gasteiger partial charge >= 0.3 is 0 Å². The number of nitrogens with zero attached hydrogens (tertiary/aromatic N) is 4. The van der Waals surface area contributed by atoms with Crippen molar-refractivity contribution in [3.63, 3.8) is 0 Å². The molecule has 0 bridgehead atoms. The molecule has 6 nitrogen and oxygen atoms in total. The highest BCUT2D eigenvalue weighted by Crippen LogP contribution is 2.27. The fraction of sp³-hybridized carbons (Fsp3) is 0.300. The number of hydrogen-bond donors (Lipinski definition) is 1. The van der Waals surface area contributed by atoms with Crippen molar-refractivity contribution in [3.05, 3.63) is 60.0 Å². The molecule has 1 saturated heterocycles. The van der Waals surface area contributed by atoms with E-state index in [1.165, 1.54) is 19.3 Å². The van der Waals surface area contributed by atoms with Gasteiger partial charge in [-0.2, -0.15) is 0 Å². The molecule has 0 radical (unpaired) electrons. The van der Waals surface area contributed by atoms with Crippen LogP contribution in [0.4, 0.5) is 5.82 Å². The Bertz CT molecular complexity index is 906. The van der Waals surface area contributed by atoms with Crippen LogP contribution in [0.15, 0.2) is 48.8 Å². The van der Waals surface area contributed by atoms with E-state index in [2.05, 4.69) is 25.4 Å². The lowest BCUT2D eigenvalue weighted by molar-refractivity contribution is 0.0947. The second kappa shape index (κ2) is 7.47. The van der Waals surface area contributed by atoms with E-state index in [1.54, 1.807) is 12.4 Å². The number of piperidine rings is 1.